The van der Waals surface area contributed by atoms with Crippen molar-refractivity contribution in [2.75, 3.05) is 0 Å². The minimum Gasteiger partial charge on any atom is -0.479 e. The van der Waals surface area contributed by atoms with Gasteiger partial charge in [-0.1, -0.05) is 13.8 Å². The number of halogens is 2. The summed E-state index contributed by atoms with van der Waals surface area (Å²) < 4.78 is 29.9. The van der Waals surface area contributed by atoms with E-state index < -0.39 is 29.8 Å². The molecule has 0 aliphatic rings. The van der Waals surface area contributed by atoms with Gasteiger partial charge in [-0.05, 0) is 30.3 Å². The lowest BCUT2D eigenvalue weighted by Crippen LogP contribution is -2.25. The van der Waals surface area contributed by atoms with Crippen molar-refractivity contribution in [1.29, 1.82) is 5.26 Å². The number of H-pyrrole nitrogens is 1. The SMILES string of the molecule is CC(C)(CC#N)c1c(C[C@H](F)C(=O)O)c2nc3[nH]ncc3cc2n1-c1ccc(F)cc1. The van der Waals surface area contributed by atoms with E-state index in [0.717, 1.165) is 0 Å². The molecule has 7 nitrogen and oxygen atoms in total. The van der Waals surface area contributed by atoms with Crippen molar-refractivity contribution in [1.82, 2.24) is 19.7 Å². The Morgan fingerprint density at radius 2 is 2.06 bits per heavy atom. The minimum absolute atomic E-state index is 0.0982. The highest BCUT2D eigenvalue weighted by Gasteiger charge is 2.34. The third kappa shape index (κ3) is 3.50. The number of hydrogen-bond donors (Lipinski definition) is 2. The molecule has 0 spiro atoms. The van der Waals surface area contributed by atoms with Gasteiger partial charge in [0.2, 0.25) is 6.17 Å². The van der Waals surface area contributed by atoms with Crippen LogP contribution in [0, 0.1) is 17.1 Å². The zero-order valence-corrected chi connectivity index (χ0v) is 16.9. The zero-order valence-electron chi connectivity index (χ0n) is 16.9. The fraction of sp³-hybridized carbons (Fsp3) is 0.273. The molecule has 1 aromatic carbocycles. The van der Waals surface area contributed by atoms with Crippen LogP contribution in [0.15, 0.2) is 36.5 Å². The van der Waals surface area contributed by atoms with E-state index in [1.54, 1.807) is 22.9 Å². The molecule has 158 valence electrons. The molecule has 3 heterocycles. The van der Waals surface area contributed by atoms with Crippen LogP contribution in [0.3, 0.4) is 0 Å². The molecule has 0 bridgehead atoms. The molecule has 3 aromatic heterocycles. The first-order chi connectivity index (χ1) is 14.7. The number of aliphatic carboxylic acids is 1. The van der Waals surface area contributed by atoms with Crippen LogP contribution >= 0.6 is 0 Å². The molecule has 0 saturated carbocycles. The Morgan fingerprint density at radius 3 is 2.71 bits per heavy atom. The number of nitriles is 1. The molecular weight excluding hydrogens is 404 g/mol. The van der Waals surface area contributed by atoms with Gasteiger partial charge in [0.1, 0.15) is 5.82 Å². The Labute approximate surface area is 175 Å². The highest BCUT2D eigenvalue weighted by atomic mass is 19.1. The lowest BCUT2D eigenvalue weighted by molar-refractivity contribution is -0.142. The molecule has 1 atom stereocenters. The van der Waals surface area contributed by atoms with E-state index in [2.05, 4.69) is 21.3 Å². The molecule has 0 unspecified atom stereocenters. The van der Waals surface area contributed by atoms with E-state index in [4.69, 9.17) is 0 Å². The number of carbonyl (C=O) groups is 1. The summed E-state index contributed by atoms with van der Waals surface area (Å²) >= 11 is 0. The van der Waals surface area contributed by atoms with Crippen LogP contribution in [-0.2, 0) is 16.6 Å². The number of hydrogen-bond acceptors (Lipinski definition) is 4. The number of aromatic nitrogens is 4. The summed E-state index contributed by atoms with van der Waals surface area (Å²) in [5, 5.41) is 26.1. The van der Waals surface area contributed by atoms with E-state index >= 15 is 0 Å². The molecule has 4 rings (SSSR count). The van der Waals surface area contributed by atoms with E-state index in [9.17, 15) is 23.9 Å². The number of alkyl halides is 1. The van der Waals surface area contributed by atoms with Crippen LogP contribution in [0.2, 0.25) is 0 Å². The first-order valence-electron chi connectivity index (χ1n) is 9.60. The number of rotatable bonds is 6. The monoisotopic (exact) mass is 423 g/mol. The minimum atomic E-state index is -2.15. The van der Waals surface area contributed by atoms with Gasteiger partial charge in [0, 0.05) is 40.6 Å². The number of pyridine rings is 1. The molecule has 9 heteroatoms. The topological polar surface area (TPSA) is 108 Å². The average molecular weight is 423 g/mol. The smallest absolute Gasteiger partial charge is 0.338 e. The number of carboxylic acids is 1. The van der Waals surface area contributed by atoms with Gasteiger partial charge in [0.25, 0.3) is 0 Å². The molecule has 31 heavy (non-hydrogen) atoms. The van der Waals surface area contributed by atoms with E-state index in [0.29, 0.717) is 39.0 Å². The predicted molar refractivity (Wildman–Crippen MR) is 110 cm³/mol. The number of nitrogens with one attached hydrogen (secondary N) is 1. The normalized spacial score (nSPS) is 12.9. The third-order valence-electron chi connectivity index (χ3n) is 5.34. The second-order valence-electron chi connectivity index (χ2n) is 8.03. The quantitative estimate of drug-likeness (QED) is 0.483. The summed E-state index contributed by atoms with van der Waals surface area (Å²) in [6, 6.07) is 9.73. The van der Waals surface area contributed by atoms with Gasteiger partial charge in [0.15, 0.2) is 5.65 Å². The number of carboxylic acid groups (broad SMARTS) is 1. The Kier molecular flexibility index (Phi) is 4.93. The van der Waals surface area contributed by atoms with Crippen molar-refractivity contribution in [2.45, 2.75) is 38.3 Å². The third-order valence-corrected chi connectivity index (χ3v) is 5.34. The van der Waals surface area contributed by atoms with Crippen molar-refractivity contribution in [3.8, 4) is 11.8 Å². The van der Waals surface area contributed by atoms with E-state index in [1.807, 2.05) is 19.9 Å². The fourth-order valence-electron chi connectivity index (χ4n) is 3.94. The molecule has 0 saturated heterocycles. The van der Waals surface area contributed by atoms with Gasteiger partial charge < -0.3 is 9.67 Å². The summed E-state index contributed by atoms with van der Waals surface area (Å²) in [5.74, 6) is -1.99. The molecule has 0 aliphatic heterocycles. The van der Waals surface area contributed by atoms with Gasteiger partial charge >= 0.3 is 5.97 Å². The van der Waals surface area contributed by atoms with Gasteiger partial charge in [-0.15, -0.1) is 0 Å². The van der Waals surface area contributed by atoms with Gasteiger partial charge in [-0.3, -0.25) is 5.10 Å². The van der Waals surface area contributed by atoms with Crippen LogP contribution in [0.5, 0.6) is 0 Å². The maximum Gasteiger partial charge on any atom is 0.338 e. The van der Waals surface area contributed by atoms with Gasteiger partial charge in [-0.2, -0.15) is 10.4 Å². The first-order valence-corrected chi connectivity index (χ1v) is 9.60. The maximum absolute atomic E-state index is 14.4. The molecular formula is C22H19F2N5O2. The van der Waals surface area contributed by atoms with E-state index in [1.165, 1.54) is 12.1 Å². The standard InChI is InChI=1S/C22H19F2N5O2/c1-22(2,7-8-25)19-15(10-16(24)21(30)31)18-17(9-12-11-26-28-20(12)27-18)29(19)14-5-3-13(23)4-6-14/h3-6,9,11,16H,7,10H2,1-2H3,(H,30,31)(H,26,27,28)/t16-/m0/s1. The number of aromatic amines is 1. The molecule has 0 amide bonds. The van der Waals surface area contributed by atoms with Crippen molar-refractivity contribution in [3.63, 3.8) is 0 Å². The average Bonchev–Trinajstić information content (AvgIpc) is 3.29. The Bertz CT molecular complexity index is 1330. The predicted octanol–water partition coefficient (Wildman–Crippen LogP) is 4.20. The largest absolute Gasteiger partial charge is 0.479 e. The highest BCUT2D eigenvalue weighted by Crippen LogP contribution is 2.39. The second kappa shape index (κ2) is 7.47. The lowest BCUT2D eigenvalue weighted by atomic mass is 9.82. The van der Waals surface area contributed by atoms with Crippen molar-refractivity contribution in [2.24, 2.45) is 0 Å². The van der Waals surface area contributed by atoms with Crippen molar-refractivity contribution in [3.05, 3.63) is 53.6 Å². The van der Waals surface area contributed by atoms with Gasteiger partial charge in [-0.25, -0.2) is 18.6 Å². The summed E-state index contributed by atoms with van der Waals surface area (Å²) in [7, 11) is 0. The van der Waals surface area contributed by atoms with Crippen LogP contribution < -0.4 is 0 Å². The second-order valence-corrected chi connectivity index (χ2v) is 8.03. The van der Waals surface area contributed by atoms with Crippen LogP contribution in [0.1, 0.15) is 31.5 Å². The zero-order chi connectivity index (χ0) is 22.3. The molecule has 0 fully saturated rings. The fourth-order valence-corrected chi connectivity index (χ4v) is 3.94. The molecule has 0 aliphatic carbocycles. The lowest BCUT2D eigenvalue weighted by Gasteiger charge is -2.26. The highest BCUT2D eigenvalue weighted by molar-refractivity contribution is 5.94. The number of fused-ring (bicyclic) bond motifs is 2. The molecule has 0 radical (unpaired) electrons. The van der Waals surface area contributed by atoms with Crippen LogP contribution in [0.4, 0.5) is 8.78 Å². The maximum atomic E-state index is 14.4. The summed E-state index contributed by atoms with van der Waals surface area (Å²) in [6.45, 7) is 3.66. The molecule has 2 N–H and O–H groups in total. The Hall–Kier alpha value is -3.80. The number of nitrogens with zero attached hydrogens (tertiary/aromatic N) is 4. The first kappa shape index (κ1) is 20.5. The Morgan fingerprint density at radius 1 is 1.35 bits per heavy atom. The van der Waals surface area contributed by atoms with Crippen molar-refractivity contribution < 1.29 is 18.7 Å². The Balaban J connectivity index is 2.14. The summed E-state index contributed by atoms with van der Waals surface area (Å²) in [5.41, 5.74) is 2.25. The van der Waals surface area contributed by atoms with Crippen LogP contribution in [0.25, 0.3) is 27.8 Å². The van der Waals surface area contributed by atoms with Gasteiger partial charge in [0.05, 0.1) is 23.3 Å². The van der Waals surface area contributed by atoms with E-state index in [-0.39, 0.29) is 6.42 Å². The number of benzene rings is 1. The summed E-state index contributed by atoms with van der Waals surface area (Å²) in [6.07, 6.45) is -0.875. The van der Waals surface area contributed by atoms with Crippen LogP contribution in [-0.4, -0.2) is 37.0 Å². The molecule has 4 aromatic rings. The summed E-state index contributed by atoms with van der Waals surface area (Å²) in [4.78, 5) is 15.9. The van der Waals surface area contributed by atoms with Crippen molar-refractivity contribution >= 4 is 28.0 Å².